The standard InChI is InChI=1S/C25H35FN4O2/c1-27-25(30(3)19-21-7-4-8-22(26)16-21)28-18-20-6-5-9-24(17-20)32-15-12-29(2)23-10-13-31-14-11-23/h4-9,16-17,23H,10-15,18-19H2,1-3H3,(H,27,28). The summed E-state index contributed by atoms with van der Waals surface area (Å²) in [5.41, 5.74) is 2.01. The fourth-order valence-corrected chi connectivity index (χ4v) is 3.91. The monoisotopic (exact) mass is 442 g/mol. The molecule has 0 aromatic heterocycles. The summed E-state index contributed by atoms with van der Waals surface area (Å²) in [5.74, 6) is 1.39. The highest BCUT2D eigenvalue weighted by Crippen LogP contribution is 2.15. The topological polar surface area (TPSA) is 49.3 Å². The van der Waals surface area contributed by atoms with E-state index in [1.807, 2.05) is 30.1 Å². The second-order valence-electron chi connectivity index (χ2n) is 8.21. The predicted molar refractivity (Wildman–Crippen MR) is 126 cm³/mol. The third kappa shape index (κ3) is 7.50. The number of hydrogen-bond donors (Lipinski definition) is 1. The van der Waals surface area contributed by atoms with E-state index in [4.69, 9.17) is 9.47 Å². The molecule has 1 aliphatic heterocycles. The Hall–Kier alpha value is -2.64. The second-order valence-corrected chi connectivity index (χ2v) is 8.21. The molecule has 0 spiro atoms. The van der Waals surface area contributed by atoms with Gasteiger partial charge in [0.15, 0.2) is 5.96 Å². The molecule has 3 rings (SSSR count). The van der Waals surface area contributed by atoms with Crippen molar-refractivity contribution in [3.8, 4) is 5.75 Å². The van der Waals surface area contributed by atoms with Gasteiger partial charge in [-0.1, -0.05) is 24.3 Å². The van der Waals surface area contributed by atoms with Crippen molar-refractivity contribution in [3.05, 3.63) is 65.5 Å². The number of ether oxygens (including phenoxy) is 2. The molecule has 0 radical (unpaired) electrons. The first kappa shape index (κ1) is 24.0. The lowest BCUT2D eigenvalue weighted by molar-refractivity contribution is 0.0392. The van der Waals surface area contributed by atoms with E-state index < -0.39 is 0 Å². The molecule has 174 valence electrons. The first-order chi connectivity index (χ1) is 15.5. The van der Waals surface area contributed by atoms with Gasteiger partial charge in [-0.2, -0.15) is 0 Å². The van der Waals surface area contributed by atoms with Crippen LogP contribution in [0.5, 0.6) is 5.75 Å². The highest BCUT2D eigenvalue weighted by atomic mass is 19.1. The Balaban J connectivity index is 1.45. The van der Waals surface area contributed by atoms with Gasteiger partial charge in [0.1, 0.15) is 18.2 Å². The average molecular weight is 443 g/mol. The van der Waals surface area contributed by atoms with Gasteiger partial charge in [-0.3, -0.25) is 9.89 Å². The summed E-state index contributed by atoms with van der Waals surface area (Å²) in [5, 5.41) is 3.37. The Morgan fingerprint density at radius 1 is 1.12 bits per heavy atom. The van der Waals surface area contributed by atoms with Gasteiger partial charge in [0.2, 0.25) is 0 Å². The normalized spacial score (nSPS) is 15.1. The van der Waals surface area contributed by atoms with Crippen LogP contribution in [0, 0.1) is 5.82 Å². The number of halogens is 1. The summed E-state index contributed by atoms with van der Waals surface area (Å²) in [7, 11) is 5.85. The van der Waals surface area contributed by atoms with Crippen molar-refractivity contribution in [1.82, 2.24) is 15.1 Å². The zero-order chi connectivity index (χ0) is 22.8. The van der Waals surface area contributed by atoms with Crippen LogP contribution >= 0.6 is 0 Å². The van der Waals surface area contributed by atoms with Crippen LogP contribution in [0.3, 0.4) is 0 Å². The summed E-state index contributed by atoms with van der Waals surface area (Å²) in [4.78, 5) is 8.69. The number of likely N-dealkylation sites (N-methyl/N-ethyl adjacent to an activating group) is 1. The smallest absolute Gasteiger partial charge is 0.193 e. The van der Waals surface area contributed by atoms with E-state index in [0.717, 1.165) is 55.4 Å². The summed E-state index contributed by atoms with van der Waals surface area (Å²) in [6, 6.07) is 15.3. The summed E-state index contributed by atoms with van der Waals surface area (Å²) >= 11 is 0. The van der Waals surface area contributed by atoms with E-state index in [0.29, 0.717) is 25.7 Å². The Bertz CT molecular complexity index is 871. The van der Waals surface area contributed by atoms with Crippen LogP contribution in [0.25, 0.3) is 0 Å². The molecule has 32 heavy (non-hydrogen) atoms. The third-order valence-electron chi connectivity index (χ3n) is 5.76. The van der Waals surface area contributed by atoms with Gasteiger partial charge >= 0.3 is 0 Å². The van der Waals surface area contributed by atoms with E-state index in [9.17, 15) is 4.39 Å². The molecule has 0 atom stereocenters. The molecule has 7 heteroatoms. The van der Waals surface area contributed by atoms with Gasteiger partial charge in [-0.25, -0.2) is 4.39 Å². The Morgan fingerprint density at radius 2 is 1.88 bits per heavy atom. The van der Waals surface area contributed by atoms with Gasteiger partial charge < -0.3 is 19.7 Å². The first-order valence-corrected chi connectivity index (χ1v) is 11.2. The van der Waals surface area contributed by atoms with Crippen LogP contribution in [0.2, 0.25) is 0 Å². The molecular formula is C25H35FN4O2. The number of rotatable bonds is 9. The average Bonchev–Trinajstić information content (AvgIpc) is 2.80. The first-order valence-electron chi connectivity index (χ1n) is 11.2. The maximum Gasteiger partial charge on any atom is 0.193 e. The third-order valence-corrected chi connectivity index (χ3v) is 5.76. The summed E-state index contributed by atoms with van der Waals surface area (Å²) in [6.07, 6.45) is 2.18. The molecule has 1 heterocycles. The van der Waals surface area contributed by atoms with Gasteiger partial charge in [0.25, 0.3) is 0 Å². The summed E-state index contributed by atoms with van der Waals surface area (Å²) in [6.45, 7) is 4.45. The minimum atomic E-state index is -0.227. The van der Waals surface area contributed by atoms with E-state index in [-0.39, 0.29) is 5.82 Å². The number of benzene rings is 2. The molecule has 1 aliphatic rings. The molecule has 6 nitrogen and oxygen atoms in total. The molecule has 1 saturated heterocycles. The van der Waals surface area contributed by atoms with Crippen molar-refractivity contribution in [3.63, 3.8) is 0 Å². The molecule has 1 N–H and O–H groups in total. The lowest BCUT2D eigenvalue weighted by Gasteiger charge is -2.31. The van der Waals surface area contributed by atoms with Gasteiger partial charge in [-0.15, -0.1) is 0 Å². The molecule has 2 aromatic rings. The van der Waals surface area contributed by atoms with Crippen LogP contribution in [0.15, 0.2) is 53.5 Å². The van der Waals surface area contributed by atoms with Gasteiger partial charge in [0.05, 0.1) is 0 Å². The zero-order valence-electron chi connectivity index (χ0n) is 19.4. The largest absolute Gasteiger partial charge is 0.492 e. The van der Waals surface area contributed by atoms with Crippen LogP contribution in [0.4, 0.5) is 4.39 Å². The number of aliphatic imine (C=N–C) groups is 1. The lowest BCUT2D eigenvalue weighted by Crippen LogP contribution is -2.38. The highest BCUT2D eigenvalue weighted by Gasteiger charge is 2.18. The molecule has 0 unspecified atom stereocenters. The maximum atomic E-state index is 13.5. The fourth-order valence-electron chi connectivity index (χ4n) is 3.91. The van der Waals surface area contributed by atoms with Crippen molar-refractivity contribution >= 4 is 5.96 Å². The van der Waals surface area contributed by atoms with E-state index >= 15 is 0 Å². The minimum absolute atomic E-state index is 0.227. The van der Waals surface area contributed by atoms with Crippen molar-refractivity contribution in [2.45, 2.75) is 32.0 Å². The Morgan fingerprint density at radius 3 is 2.62 bits per heavy atom. The summed E-state index contributed by atoms with van der Waals surface area (Å²) < 4.78 is 24.9. The number of hydrogen-bond acceptors (Lipinski definition) is 4. The van der Waals surface area contributed by atoms with Crippen molar-refractivity contribution in [2.24, 2.45) is 4.99 Å². The Labute approximate surface area is 191 Å². The highest BCUT2D eigenvalue weighted by molar-refractivity contribution is 5.79. The fraction of sp³-hybridized carbons (Fsp3) is 0.480. The van der Waals surface area contributed by atoms with Gasteiger partial charge in [0, 0.05) is 53.0 Å². The Kier molecular flexibility index (Phi) is 9.31. The molecule has 0 bridgehead atoms. The lowest BCUT2D eigenvalue weighted by atomic mass is 10.1. The predicted octanol–water partition coefficient (Wildman–Crippen LogP) is 3.52. The van der Waals surface area contributed by atoms with Crippen LogP contribution in [0.1, 0.15) is 24.0 Å². The van der Waals surface area contributed by atoms with E-state index in [2.05, 4.69) is 34.4 Å². The zero-order valence-corrected chi connectivity index (χ0v) is 19.4. The number of guanidine groups is 1. The van der Waals surface area contributed by atoms with E-state index in [1.54, 1.807) is 19.2 Å². The molecule has 0 saturated carbocycles. The molecular weight excluding hydrogens is 407 g/mol. The van der Waals surface area contributed by atoms with E-state index in [1.165, 1.54) is 6.07 Å². The van der Waals surface area contributed by atoms with Gasteiger partial charge in [-0.05, 0) is 55.3 Å². The SMILES string of the molecule is CN=C(NCc1cccc(OCCN(C)C2CCOCC2)c1)N(C)Cc1cccc(F)c1. The molecule has 1 fully saturated rings. The van der Waals surface area contributed by atoms with Crippen molar-refractivity contribution in [1.29, 1.82) is 0 Å². The second kappa shape index (κ2) is 12.4. The van der Waals surface area contributed by atoms with Crippen molar-refractivity contribution < 1.29 is 13.9 Å². The number of nitrogens with zero attached hydrogens (tertiary/aromatic N) is 3. The molecule has 2 aromatic carbocycles. The van der Waals surface area contributed by atoms with Crippen LogP contribution in [-0.2, 0) is 17.8 Å². The number of nitrogens with one attached hydrogen (secondary N) is 1. The quantitative estimate of drug-likeness (QED) is 0.476. The van der Waals surface area contributed by atoms with Crippen LogP contribution in [-0.4, -0.2) is 69.3 Å². The minimum Gasteiger partial charge on any atom is -0.492 e. The molecule has 0 amide bonds. The molecule has 0 aliphatic carbocycles. The van der Waals surface area contributed by atoms with Crippen molar-refractivity contribution in [2.75, 3.05) is 47.5 Å². The van der Waals surface area contributed by atoms with Crippen LogP contribution < -0.4 is 10.1 Å². The maximum absolute atomic E-state index is 13.5.